The van der Waals surface area contributed by atoms with Gasteiger partial charge in [0.1, 0.15) is 0 Å². The number of rotatable bonds is 2. The van der Waals surface area contributed by atoms with E-state index in [9.17, 15) is 4.79 Å². The Labute approximate surface area is 75.3 Å². The van der Waals surface area contributed by atoms with E-state index in [1.54, 1.807) is 6.08 Å². The van der Waals surface area contributed by atoms with Gasteiger partial charge in [-0.3, -0.25) is 4.79 Å². The molecule has 0 fully saturated rings. The summed E-state index contributed by atoms with van der Waals surface area (Å²) < 4.78 is 8.58. The first kappa shape index (κ1) is 9.06. The second kappa shape index (κ2) is 4.77. The molecule has 0 aliphatic carbocycles. The van der Waals surface area contributed by atoms with Crippen LogP contribution in [0.5, 0.6) is 0 Å². The smallest absolute Gasteiger partial charge is 0.311 e. The summed E-state index contributed by atoms with van der Waals surface area (Å²) in [4.78, 5) is 10.8. The maximum atomic E-state index is 10.8. The lowest BCUT2D eigenvalue weighted by atomic mass is 10.2. The summed E-state index contributed by atoms with van der Waals surface area (Å²) in [6, 6.07) is 0. The van der Waals surface area contributed by atoms with Crippen LogP contribution in [0.1, 0.15) is 6.42 Å². The Morgan fingerprint density at radius 2 is 2.50 bits per heavy atom. The van der Waals surface area contributed by atoms with Crippen LogP contribution in [0.3, 0.4) is 0 Å². The fraction of sp³-hybridized carbons (Fsp3) is 0.250. The zero-order valence-corrected chi connectivity index (χ0v) is 7.50. The van der Waals surface area contributed by atoms with Crippen LogP contribution in [-0.4, -0.2) is 18.8 Å². The molecule has 1 rings (SSSR count). The van der Waals surface area contributed by atoms with Gasteiger partial charge in [-0.2, -0.15) is 0 Å². The van der Waals surface area contributed by atoms with Gasteiger partial charge in [-0.1, -0.05) is 12.2 Å². The number of ether oxygens (including phenoxy) is 1. The Bertz CT molecular complexity index is 256. The Balaban J connectivity index is 2.52. The van der Waals surface area contributed by atoms with E-state index in [-0.39, 0.29) is 12.4 Å². The highest BCUT2D eigenvalue weighted by Crippen LogP contribution is 2.10. The molecule has 3 nitrogen and oxygen atoms in total. The predicted octanol–water partition coefficient (Wildman–Crippen LogP) is 1.72. The van der Waals surface area contributed by atoms with Crippen molar-refractivity contribution >= 4 is 23.6 Å². The predicted molar refractivity (Wildman–Crippen MR) is 49.9 cm³/mol. The third-order valence-corrected chi connectivity index (χ3v) is 1.88. The molecule has 1 aliphatic heterocycles. The van der Waals surface area contributed by atoms with Gasteiger partial charge >= 0.3 is 5.97 Å². The van der Waals surface area contributed by atoms with E-state index in [0.717, 1.165) is 5.71 Å². The normalized spacial score (nSPS) is 15.2. The molecule has 12 heavy (non-hydrogen) atoms. The van der Waals surface area contributed by atoms with Gasteiger partial charge < -0.3 is 4.74 Å². The molecular formula is C8H9NO2S. The van der Waals surface area contributed by atoms with Crippen LogP contribution in [0.4, 0.5) is 0 Å². The zero-order valence-electron chi connectivity index (χ0n) is 6.69. The number of carbonyl (C=O) groups excluding carboxylic acids is 1. The van der Waals surface area contributed by atoms with Gasteiger partial charge in [0.2, 0.25) is 0 Å². The number of esters is 1. The minimum atomic E-state index is -0.263. The molecule has 0 bridgehead atoms. The summed E-state index contributed by atoms with van der Waals surface area (Å²) in [6.07, 6.45) is 5.76. The molecule has 0 spiro atoms. The maximum Gasteiger partial charge on any atom is 0.311 e. The maximum absolute atomic E-state index is 10.8. The highest BCUT2D eigenvalue weighted by Gasteiger charge is 2.04. The molecule has 0 aromatic heterocycles. The minimum absolute atomic E-state index is 0.238. The van der Waals surface area contributed by atoms with Gasteiger partial charge in [0.15, 0.2) is 0 Å². The van der Waals surface area contributed by atoms with Gasteiger partial charge in [0.25, 0.3) is 0 Å². The summed E-state index contributed by atoms with van der Waals surface area (Å²) in [5.41, 5.74) is 0.733. The first-order valence-corrected chi connectivity index (χ1v) is 4.29. The van der Waals surface area contributed by atoms with E-state index in [2.05, 4.69) is 9.13 Å². The average molecular weight is 183 g/mol. The highest BCUT2D eigenvalue weighted by atomic mass is 32.2. The number of nitrogens with zero attached hydrogens (tertiary/aromatic N) is 1. The van der Waals surface area contributed by atoms with Gasteiger partial charge in [-0.15, -0.1) is 0 Å². The van der Waals surface area contributed by atoms with Crippen molar-refractivity contribution in [3.8, 4) is 0 Å². The standard InChI is InChI=1S/C8H9NO2S/c1-11-8(10)6-7-4-2-3-5-12-9-7/h2-5H,6H2,1H3. The Morgan fingerprint density at radius 1 is 1.67 bits per heavy atom. The van der Waals surface area contributed by atoms with Crippen molar-refractivity contribution in [3.05, 3.63) is 23.6 Å². The van der Waals surface area contributed by atoms with Crippen LogP contribution >= 0.6 is 11.9 Å². The molecule has 64 valence electrons. The Morgan fingerprint density at radius 3 is 3.25 bits per heavy atom. The van der Waals surface area contributed by atoms with E-state index < -0.39 is 0 Å². The van der Waals surface area contributed by atoms with Crippen molar-refractivity contribution in [2.24, 2.45) is 4.40 Å². The lowest BCUT2D eigenvalue weighted by Crippen LogP contribution is -2.06. The topological polar surface area (TPSA) is 38.7 Å². The quantitative estimate of drug-likeness (QED) is 0.483. The number of allylic oxidation sites excluding steroid dienone is 3. The summed E-state index contributed by atoms with van der Waals surface area (Å²) in [5.74, 6) is -0.263. The number of methoxy groups -OCH3 is 1. The second-order valence-corrected chi connectivity index (χ2v) is 2.79. The van der Waals surface area contributed by atoms with Crippen LogP contribution in [-0.2, 0) is 9.53 Å². The van der Waals surface area contributed by atoms with Crippen LogP contribution in [0.25, 0.3) is 0 Å². The Hall–Kier alpha value is -1.03. The molecule has 0 saturated carbocycles. The molecule has 4 heteroatoms. The SMILES string of the molecule is COC(=O)CC1=NSC=CC=C1. The summed E-state index contributed by atoms with van der Waals surface area (Å²) >= 11 is 1.31. The monoisotopic (exact) mass is 183 g/mol. The Kier molecular flexibility index (Phi) is 3.60. The third kappa shape index (κ3) is 2.92. The van der Waals surface area contributed by atoms with Gasteiger partial charge in [-0.25, -0.2) is 4.40 Å². The summed E-state index contributed by atoms with van der Waals surface area (Å²) in [6.45, 7) is 0. The molecule has 0 amide bonds. The lowest BCUT2D eigenvalue weighted by Gasteiger charge is -1.97. The van der Waals surface area contributed by atoms with Crippen LogP contribution in [0, 0.1) is 0 Å². The van der Waals surface area contributed by atoms with Crippen molar-refractivity contribution in [3.63, 3.8) is 0 Å². The van der Waals surface area contributed by atoms with Crippen LogP contribution < -0.4 is 0 Å². The van der Waals surface area contributed by atoms with Crippen molar-refractivity contribution < 1.29 is 9.53 Å². The molecule has 0 atom stereocenters. The van der Waals surface area contributed by atoms with Gasteiger partial charge in [0.05, 0.1) is 19.2 Å². The first-order valence-electron chi connectivity index (χ1n) is 3.45. The van der Waals surface area contributed by atoms with Crippen molar-refractivity contribution in [2.45, 2.75) is 6.42 Å². The molecule has 1 aliphatic rings. The van der Waals surface area contributed by atoms with Crippen molar-refractivity contribution in [1.82, 2.24) is 0 Å². The number of carbonyl (C=O) groups is 1. The number of hydrogen-bond acceptors (Lipinski definition) is 4. The molecule has 0 aromatic rings. The second-order valence-electron chi connectivity index (χ2n) is 2.13. The van der Waals surface area contributed by atoms with E-state index in [1.807, 2.05) is 17.6 Å². The van der Waals surface area contributed by atoms with Gasteiger partial charge in [0, 0.05) is 11.9 Å². The van der Waals surface area contributed by atoms with E-state index in [4.69, 9.17) is 0 Å². The molecular weight excluding hydrogens is 174 g/mol. The fourth-order valence-corrected chi connectivity index (χ4v) is 1.17. The van der Waals surface area contributed by atoms with Crippen LogP contribution in [0.2, 0.25) is 0 Å². The summed E-state index contributed by atoms with van der Waals surface area (Å²) in [5, 5.41) is 1.85. The third-order valence-electron chi connectivity index (χ3n) is 1.26. The molecule has 0 N–H and O–H groups in total. The largest absolute Gasteiger partial charge is 0.469 e. The van der Waals surface area contributed by atoms with Crippen LogP contribution in [0.15, 0.2) is 28.0 Å². The first-order chi connectivity index (χ1) is 5.83. The van der Waals surface area contributed by atoms with Crippen molar-refractivity contribution in [2.75, 3.05) is 7.11 Å². The molecule has 0 unspecified atom stereocenters. The molecule has 0 saturated heterocycles. The number of hydrogen-bond donors (Lipinski definition) is 0. The fourth-order valence-electron chi connectivity index (χ4n) is 0.687. The molecule has 1 heterocycles. The average Bonchev–Trinajstić information content (AvgIpc) is 2.33. The van der Waals surface area contributed by atoms with E-state index in [0.29, 0.717) is 0 Å². The van der Waals surface area contributed by atoms with E-state index >= 15 is 0 Å². The van der Waals surface area contributed by atoms with E-state index in [1.165, 1.54) is 19.1 Å². The highest BCUT2D eigenvalue weighted by molar-refractivity contribution is 8.01. The molecule has 0 radical (unpaired) electrons. The molecule has 0 aromatic carbocycles. The lowest BCUT2D eigenvalue weighted by molar-refractivity contribution is -0.139. The zero-order chi connectivity index (χ0) is 8.81. The summed E-state index contributed by atoms with van der Waals surface area (Å²) in [7, 11) is 1.37. The minimum Gasteiger partial charge on any atom is -0.469 e. The van der Waals surface area contributed by atoms with Gasteiger partial charge in [-0.05, 0) is 11.5 Å². The van der Waals surface area contributed by atoms with Crippen molar-refractivity contribution in [1.29, 1.82) is 0 Å².